The Bertz CT molecular complexity index is 555. The van der Waals surface area contributed by atoms with E-state index in [0.717, 1.165) is 17.4 Å². The van der Waals surface area contributed by atoms with Gasteiger partial charge < -0.3 is 10.5 Å². The summed E-state index contributed by atoms with van der Waals surface area (Å²) in [6, 6.07) is 9.88. The zero-order valence-electron chi connectivity index (χ0n) is 10.6. The maximum Gasteiger partial charge on any atom is 0.131 e. The first-order valence-corrected chi connectivity index (χ1v) is 6.05. The molecule has 100 valence electrons. The van der Waals surface area contributed by atoms with E-state index in [2.05, 4.69) is 0 Å². The molecule has 0 aliphatic heterocycles. The fraction of sp³-hybridized carbons (Fsp3) is 0.200. The minimum Gasteiger partial charge on any atom is -0.494 e. The molecule has 0 radical (unpaired) electrons. The van der Waals surface area contributed by atoms with Crippen LogP contribution in [-0.2, 0) is 0 Å². The first-order valence-electron chi connectivity index (χ1n) is 6.05. The normalized spacial score (nSPS) is 12.2. The minimum atomic E-state index is -0.638. The molecule has 0 bridgehead atoms. The number of rotatable bonds is 4. The Kier molecular flexibility index (Phi) is 4.12. The second kappa shape index (κ2) is 5.80. The summed E-state index contributed by atoms with van der Waals surface area (Å²) in [4.78, 5) is 0. The molecule has 0 spiro atoms. The third kappa shape index (κ3) is 3.09. The third-order valence-electron chi connectivity index (χ3n) is 2.85. The molecule has 1 unspecified atom stereocenters. The molecule has 2 aromatic rings. The van der Waals surface area contributed by atoms with E-state index in [1.54, 1.807) is 24.3 Å². The molecule has 0 saturated heterocycles. The van der Waals surface area contributed by atoms with E-state index in [9.17, 15) is 8.78 Å². The van der Waals surface area contributed by atoms with Gasteiger partial charge in [0, 0.05) is 11.6 Å². The number of hydrogen-bond donors (Lipinski definition) is 1. The second-order valence-electron chi connectivity index (χ2n) is 4.15. The lowest BCUT2D eigenvalue weighted by Crippen LogP contribution is -2.13. The zero-order chi connectivity index (χ0) is 13.8. The fourth-order valence-corrected chi connectivity index (χ4v) is 1.87. The lowest BCUT2D eigenvalue weighted by atomic mass is 9.99. The molecule has 2 nitrogen and oxygen atoms in total. The van der Waals surface area contributed by atoms with Crippen molar-refractivity contribution >= 4 is 0 Å². The molecule has 0 aliphatic rings. The first kappa shape index (κ1) is 13.5. The summed E-state index contributed by atoms with van der Waals surface area (Å²) in [5, 5.41) is 0. The summed E-state index contributed by atoms with van der Waals surface area (Å²) in [6.45, 7) is 2.48. The Balaban J connectivity index is 2.25. The SMILES string of the molecule is CCOc1ccc(C(N)c2ccc(F)cc2F)cc1. The average molecular weight is 263 g/mol. The van der Waals surface area contributed by atoms with E-state index < -0.39 is 17.7 Å². The molecule has 2 aromatic carbocycles. The fourth-order valence-electron chi connectivity index (χ4n) is 1.87. The van der Waals surface area contributed by atoms with E-state index in [1.807, 2.05) is 6.92 Å². The van der Waals surface area contributed by atoms with Gasteiger partial charge in [0.1, 0.15) is 17.4 Å². The van der Waals surface area contributed by atoms with Gasteiger partial charge in [-0.25, -0.2) is 8.78 Å². The van der Waals surface area contributed by atoms with Crippen LogP contribution in [0, 0.1) is 11.6 Å². The predicted molar refractivity (Wildman–Crippen MR) is 70.0 cm³/mol. The van der Waals surface area contributed by atoms with E-state index >= 15 is 0 Å². The van der Waals surface area contributed by atoms with Crippen LogP contribution >= 0.6 is 0 Å². The Morgan fingerprint density at radius 1 is 1.11 bits per heavy atom. The highest BCUT2D eigenvalue weighted by atomic mass is 19.1. The second-order valence-corrected chi connectivity index (χ2v) is 4.15. The van der Waals surface area contributed by atoms with Crippen LogP contribution in [0.3, 0.4) is 0 Å². The molecule has 0 heterocycles. The van der Waals surface area contributed by atoms with E-state index in [0.29, 0.717) is 6.61 Å². The van der Waals surface area contributed by atoms with Gasteiger partial charge in [0.05, 0.1) is 12.6 Å². The summed E-state index contributed by atoms with van der Waals surface area (Å²) in [7, 11) is 0. The molecule has 0 aromatic heterocycles. The molecule has 0 amide bonds. The van der Waals surface area contributed by atoms with Crippen molar-refractivity contribution in [3.63, 3.8) is 0 Å². The Labute approximate surface area is 110 Å². The van der Waals surface area contributed by atoms with Gasteiger partial charge in [-0.05, 0) is 30.7 Å². The van der Waals surface area contributed by atoms with Gasteiger partial charge in [-0.1, -0.05) is 18.2 Å². The van der Waals surface area contributed by atoms with E-state index in [-0.39, 0.29) is 5.56 Å². The van der Waals surface area contributed by atoms with Gasteiger partial charge in [-0.3, -0.25) is 0 Å². The van der Waals surface area contributed by atoms with Gasteiger partial charge in [0.25, 0.3) is 0 Å². The standard InChI is InChI=1S/C15H15F2NO/c1-2-19-12-6-3-10(4-7-12)15(18)13-8-5-11(16)9-14(13)17/h3-9,15H,2,18H2,1H3. The van der Waals surface area contributed by atoms with Crippen LogP contribution in [0.15, 0.2) is 42.5 Å². The van der Waals surface area contributed by atoms with Crippen LogP contribution in [0.4, 0.5) is 8.78 Å². The number of benzene rings is 2. The molecule has 1 atom stereocenters. The van der Waals surface area contributed by atoms with Gasteiger partial charge in [0.15, 0.2) is 0 Å². The van der Waals surface area contributed by atoms with Crippen molar-refractivity contribution < 1.29 is 13.5 Å². The van der Waals surface area contributed by atoms with Crippen LogP contribution in [0.5, 0.6) is 5.75 Å². The van der Waals surface area contributed by atoms with Crippen molar-refractivity contribution in [3.05, 3.63) is 65.2 Å². The largest absolute Gasteiger partial charge is 0.494 e. The number of hydrogen-bond acceptors (Lipinski definition) is 2. The highest BCUT2D eigenvalue weighted by Gasteiger charge is 2.14. The quantitative estimate of drug-likeness (QED) is 0.917. The molecule has 2 rings (SSSR count). The van der Waals surface area contributed by atoms with Gasteiger partial charge in [-0.2, -0.15) is 0 Å². The summed E-state index contributed by atoms with van der Waals surface area (Å²) in [6.07, 6.45) is 0. The highest BCUT2D eigenvalue weighted by molar-refractivity contribution is 5.35. The van der Waals surface area contributed by atoms with E-state index in [1.165, 1.54) is 12.1 Å². The lowest BCUT2D eigenvalue weighted by Gasteiger charge is -2.14. The molecular formula is C15H15F2NO. The lowest BCUT2D eigenvalue weighted by molar-refractivity contribution is 0.340. The van der Waals surface area contributed by atoms with Gasteiger partial charge >= 0.3 is 0 Å². The van der Waals surface area contributed by atoms with Gasteiger partial charge in [0.2, 0.25) is 0 Å². The van der Waals surface area contributed by atoms with Crippen LogP contribution in [-0.4, -0.2) is 6.61 Å². The van der Waals surface area contributed by atoms with Crippen LogP contribution < -0.4 is 10.5 Å². The summed E-state index contributed by atoms with van der Waals surface area (Å²) in [5.74, 6) is -0.514. The molecule has 19 heavy (non-hydrogen) atoms. The maximum atomic E-state index is 13.6. The first-order chi connectivity index (χ1) is 9.11. The summed E-state index contributed by atoms with van der Waals surface area (Å²) >= 11 is 0. The number of halogens is 2. The monoisotopic (exact) mass is 263 g/mol. The Morgan fingerprint density at radius 3 is 2.37 bits per heavy atom. The van der Waals surface area contributed by atoms with Crippen LogP contribution in [0.1, 0.15) is 24.1 Å². The molecule has 0 saturated carbocycles. The molecule has 2 N–H and O–H groups in total. The Morgan fingerprint density at radius 2 is 1.79 bits per heavy atom. The minimum absolute atomic E-state index is 0.269. The number of nitrogens with two attached hydrogens (primary N) is 1. The van der Waals surface area contributed by atoms with Crippen molar-refractivity contribution in [1.82, 2.24) is 0 Å². The van der Waals surface area contributed by atoms with Crippen molar-refractivity contribution in [2.75, 3.05) is 6.61 Å². The number of ether oxygens (including phenoxy) is 1. The van der Waals surface area contributed by atoms with Crippen molar-refractivity contribution in [2.24, 2.45) is 5.73 Å². The highest BCUT2D eigenvalue weighted by Crippen LogP contribution is 2.24. The van der Waals surface area contributed by atoms with E-state index in [4.69, 9.17) is 10.5 Å². The Hall–Kier alpha value is -1.94. The van der Waals surface area contributed by atoms with Crippen molar-refractivity contribution in [3.8, 4) is 5.75 Å². The molecule has 0 aliphatic carbocycles. The van der Waals surface area contributed by atoms with Crippen LogP contribution in [0.25, 0.3) is 0 Å². The van der Waals surface area contributed by atoms with Gasteiger partial charge in [-0.15, -0.1) is 0 Å². The van der Waals surface area contributed by atoms with Crippen LogP contribution in [0.2, 0.25) is 0 Å². The molecule has 4 heteroatoms. The topological polar surface area (TPSA) is 35.2 Å². The van der Waals surface area contributed by atoms with Crippen molar-refractivity contribution in [2.45, 2.75) is 13.0 Å². The smallest absolute Gasteiger partial charge is 0.131 e. The predicted octanol–water partition coefficient (Wildman–Crippen LogP) is 3.41. The zero-order valence-corrected chi connectivity index (χ0v) is 10.6. The third-order valence-corrected chi connectivity index (χ3v) is 2.85. The molecular weight excluding hydrogens is 248 g/mol. The summed E-state index contributed by atoms with van der Waals surface area (Å²) < 4.78 is 31.8. The molecule has 0 fully saturated rings. The summed E-state index contributed by atoms with van der Waals surface area (Å²) in [5.41, 5.74) is 7.00. The maximum absolute atomic E-state index is 13.6. The average Bonchev–Trinajstić information content (AvgIpc) is 2.39. The van der Waals surface area contributed by atoms with Crippen molar-refractivity contribution in [1.29, 1.82) is 0 Å².